The molecule has 100 valence electrons. The van der Waals surface area contributed by atoms with E-state index in [1.54, 1.807) is 35.3 Å². The molecule has 0 atom stereocenters. The maximum absolute atomic E-state index is 12.0. The van der Waals surface area contributed by atoms with Gasteiger partial charge in [0.05, 0.1) is 16.9 Å². The summed E-state index contributed by atoms with van der Waals surface area (Å²) in [6.45, 7) is 4.05. The van der Waals surface area contributed by atoms with Crippen molar-refractivity contribution in [3.63, 3.8) is 0 Å². The summed E-state index contributed by atoms with van der Waals surface area (Å²) in [6, 6.07) is 5.30. The number of halogens is 2. The van der Waals surface area contributed by atoms with Gasteiger partial charge >= 0.3 is 0 Å². The van der Waals surface area contributed by atoms with Crippen molar-refractivity contribution in [2.75, 3.05) is 5.32 Å². The first-order valence-corrected chi connectivity index (χ1v) is 6.95. The molecule has 1 amide bonds. The van der Waals surface area contributed by atoms with Crippen LogP contribution in [0.4, 0.5) is 5.69 Å². The van der Waals surface area contributed by atoms with Crippen LogP contribution in [-0.2, 0) is 0 Å². The molecule has 0 unspecified atom stereocenters. The normalized spacial score (nSPS) is 10.8. The van der Waals surface area contributed by atoms with Crippen LogP contribution in [0, 0.1) is 0 Å². The molecule has 19 heavy (non-hydrogen) atoms. The number of amides is 1. The van der Waals surface area contributed by atoms with Crippen LogP contribution in [0.1, 0.15) is 30.2 Å². The summed E-state index contributed by atoms with van der Waals surface area (Å²) in [7, 11) is 0. The standard InChI is InChI=1S/C13H13BrClN3O/c1-8(2)18-7-10(6-16-18)17-13(19)9-3-4-12(15)11(14)5-9/h3-8H,1-2H3,(H,17,19). The lowest BCUT2D eigenvalue weighted by atomic mass is 10.2. The van der Waals surface area contributed by atoms with Crippen molar-refractivity contribution < 1.29 is 4.79 Å². The number of hydrogen-bond acceptors (Lipinski definition) is 2. The van der Waals surface area contributed by atoms with Gasteiger partial charge in [0, 0.05) is 22.3 Å². The van der Waals surface area contributed by atoms with Crippen molar-refractivity contribution in [3.8, 4) is 0 Å². The number of nitrogens with one attached hydrogen (secondary N) is 1. The Morgan fingerprint density at radius 3 is 2.79 bits per heavy atom. The highest BCUT2D eigenvalue weighted by Crippen LogP contribution is 2.23. The van der Waals surface area contributed by atoms with Crippen LogP contribution in [0.25, 0.3) is 0 Å². The minimum absolute atomic E-state index is 0.194. The van der Waals surface area contributed by atoms with Crippen molar-refractivity contribution in [2.24, 2.45) is 0 Å². The molecule has 1 aromatic heterocycles. The lowest BCUT2D eigenvalue weighted by molar-refractivity contribution is 0.102. The fourth-order valence-electron chi connectivity index (χ4n) is 1.53. The van der Waals surface area contributed by atoms with Crippen LogP contribution < -0.4 is 5.32 Å². The van der Waals surface area contributed by atoms with E-state index in [-0.39, 0.29) is 11.9 Å². The van der Waals surface area contributed by atoms with Crippen molar-refractivity contribution in [1.82, 2.24) is 9.78 Å². The van der Waals surface area contributed by atoms with E-state index in [0.717, 1.165) is 0 Å². The topological polar surface area (TPSA) is 46.9 Å². The zero-order valence-electron chi connectivity index (χ0n) is 10.5. The zero-order valence-corrected chi connectivity index (χ0v) is 12.9. The first-order chi connectivity index (χ1) is 8.97. The van der Waals surface area contributed by atoms with Crippen molar-refractivity contribution >= 4 is 39.1 Å². The van der Waals surface area contributed by atoms with E-state index in [9.17, 15) is 4.79 Å². The molecular weight excluding hydrogens is 330 g/mol. The van der Waals surface area contributed by atoms with E-state index in [1.165, 1.54) is 0 Å². The Balaban J connectivity index is 2.13. The number of nitrogens with zero attached hydrogens (tertiary/aromatic N) is 2. The average molecular weight is 343 g/mol. The van der Waals surface area contributed by atoms with Gasteiger partial charge in [-0.15, -0.1) is 0 Å². The minimum atomic E-state index is -0.194. The predicted octanol–water partition coefficient (Wildman–Crippen LogP) is 4.13. The number of carbonyl (C=O) groups excluding carboxylic acids is 1. The Bertz CT molecular complexity index is 610. The van der Waals surface area contributed by atoms with Gasteiger partial charge in [0.2, 0.25) is 0 Å². The van der Waals surface area contributed by atoms with E-state index in [4.69, 9.17) is 11.6 Å². The van der Waals surface area contributed by atoms with Crippen LogP contribution in [0.5, 0.6) is 0 Å². The van der Waals surface area contributed by atoms with E-state index in [0.29, 0.717) is 20.7 Å². The van der Waals surface area contributed by atoms with Crippen LogP contribution in [0.15, 0.2) is 35.1 Å². The van der Waals surface area contributed by atoms with E-state index >= 15 is 0 Å². The Morgan fingerprint density at radius 2 is 2.21 bits per heavy atom. The molecule has 0 saturated carbocycles. The summed E-state index contributed by atoms with van der Waals surface area (Å²) in [5.41, 5.74) is 1.21. The number of carbonyl (C=O) groups is 1. The molecule has 0 aliphatic rings. The first-order valence-electron chi connectivity index (χ1n) is 5.78. The molecule has 2 rings (SSSR count). The quantitative estimate of drug-likeness (QED) is 0.911. The van der Waals surface area contributed by atoms with Gasteiger partial charge in [-0.3, -0.25) is 9.48 Å². The Kier molecular flexibility index (Phi) is 4.27. The largest absolute Gasteiger partial charge is 0.319 e. The third kappa shape index (κ3) is 3.36. The van der Waals surface area contributed by atoms with Gasteiger partial charge in [0.25, 0.3) is 5.91 Å². The molecule has 0 bridgehead atoms. The fourth-order valence-corrected chi connectivity index (χ4v) is 2.02. The monoisotopic (exact) mass is 341 g/mol. The summed E-state index contributed by atoms with van der Waals surface area (Å²) >= 11 is 9.19. The molecule has 6 heteroatoms. The highest BCUT2D eigenvalue weighted by atomic mass is 79.9. The van der Waals surface area contributed by atoms with Crippen molar-refractivity contribution in [1.29, 1.82) is 0 Å². The van der Waals surface area contributed by atoms with E-state index in [2.05, 4.69) is 26.3 Å². The zero-order chi connectivity index (χ0) is 14.0. The highest BCUT2D eigenvalue weighted by Gasteiger charge is 2.10. The second-order valence-electron chi connectivity index (χ2n) is 4.39. The molecule has 0 radical (unpaired) electrons. The Labute approximate surface area is 124 Å². The smallest absolute Gasteiger partial charge is 0.255 e. The van der Waals surface area contributed by atoms with Gasteiger partial charge in [0.15, 0.2) is 0 Å². The molecule has 0 saturated heterocycles. The molecule has 0 aliphatic heterocycles. The third-order valence-corrected chi connectivity index (χ3v) is 3.78. The van der Waals surface area contributed by atoms with Gasteiger partial charge < -0.3 is 5.32 Å². The summed E-state index contributed by atoms with van der Waals surface area (Å²) in [5.74, 6) is -0.194. The van der Waals surface area contributed by atoms with Gasteiger partial charge in [0.1, 0.15) is 0 Å². The first kappa shape index (κ1) is 14.1. The highest BCUT2D eigenvalue weighted by molar-refractivity contribution is 9.10. The fraction of sp³-hybridized carbons (Fsp3) is 0.231. The maximum atomic E-state index is 12.0. The Morgan fingerprint density at radius 1 is 1.47 bits per heavy atom. The molecule has 1 N–H and O–H groups in total. The minimum Gasteiger partial charge on any atom is -0.319 e. The van der Waals surface area contributed by atoms with Crippen LogP contribution in [-0.4, -0.2) is 15.7 Å². The van der Waals surface area contributed by atoms with Crippen molar-refractivity contribution in [2.45, 2.75) is 19.9 Å². The SMILES string of the molecule is CC(C)n1cc(NC(=O)c2ccc(Cl)c(Br)c2)cn1. The van der Waals surface area contributed by atoms with Gasteiger partial charge in [-0.1, -0.05) is 11.6 Å². The van der Waals surface area contributed by atoms with Gasteiger partial charge in [-0.2, -0.15) is 5.10 Å². The molecule has 0 fully saturated rings. The van der Waals surface area contributed by atoms with Crippen LogP contribution in [0.2, 0.25) is 5.02 Å². The lowest BCUT2D eigenvalue weighted by Crippen LogP contribution is -2.11. The summed E-state index contributed by atoms with van der Waals surface area (Å²) in [5, 5.41) is 7.53. The number of hydrogen-bond donors (Lipinski definition) is 1. The van der Waals surface area contributed by atoms with E-state index < -0.39 is 0 Å². The summed E-state index contributed by atoms with van der Waals surface area (Å²) < 4.78 is 2.48. The molecule has 4 nitrogen and oxygen atoms in total. The molecule has 1 heterocycles. The molecule has 0 spiro atoms. The molecule has 0 aliphatic carbocycles. The summed E-state index contributed by atoms with van der Waals surface area (Å²) in [4.78, 5) is 12.0. The number of aromatic nitrogens is 2. The van der Waals surface area contributed by atoms with Gasteiger partial charge in [-0.25, -0.2) is 0 Å². The number of rotatable bonds is 3. The Hall–Kier alpha value is -1.33. The van der Waals surface area contributed by atoms with E-state index in [1.807, 2.05) is 13.8 Å². The lowest BCUT2D eigenvalue weighted by Gasteiger charge is -2.05. The predicted molar refractivity (Wildman–Crippen MR) is 79.7 cm³/mol. The van der Waals surface area contributed by atoms with Crippen LogP contribution >= 0.6 is 27.5 Å². The number of anilines is 1. The van der Waals surface area contributed by atoms with Crippen molar-refractivity contribution in [3.05, 3.63) is 45.7 Å². The van der Waals surface area contributed by atoms with Gasteiger partial charge in [-0.05, 0) is 48.0 Å². The third-order valence-electron chi connectivity index (χ3n) is 2.57. The molecule has 1 aromatic carbocycles. The second-order valence-corrected chi connectivity index (χ2v) is 5.65. The molecule has 2 aromatic rings. The molecular formula is C13H13BrClN3O. The maximum Gasteiger partial charge on any atom is 0.255 e. The summed E-state index contributed by atoms with van der Waals surface area (Å²) in [6.07, 6.45) is 3.43. The average Bonchev–Trinajstić information content (AvgIpc) is 2.81. The van der Waals surface area contributed by atoms with Crippen LogP contribution in [0.3, 0.4) is 0 Å². The number of benzene rings is 1. The second kappa shape index (κ2) is 5.75.